The highest BCUT2D eigenvalue weighted by Crippen LogP contribution is 2.62. The molecule has 2 heterocycles. The highest BCUT2D eigenvalue weighted by atomic mass is 16.7. The number of hydrogen-bond acceptors (Lipinski definition) is 4. The van der Waals surface area contributed by atoms with Crippen LogP contribution in [0.2, 0.25) is 5.82 Å². The van der Waals surface area contributed by atoms with Crippen LogP contribution in [0.5, 0.6) is 0 Å². The molecule has 4 rings (SSSR count). The van der Waals surface area contributed by atoms with Crippen LogP contribution in [-0.2, 0) is 18.8 Å². The maximum atomic E-state index is 6.22. The van der Waals surface area contributed by atoms with Gasteiger partial charge in [-0.2, -0.15) is 0 Å². The van der Waals surface area contributed by atoms with Gasteiger partial charge in [0.1, 0.15) is 0 Å². The van der Waals surface area contributed by atoms with Crippen molar-refractivity contribution in [2.45, 2.75) is 89.0 Å². The molecule has 0 aromatic heterocycles. The molecule has 0 radical (unpaired) electrons. The van der Waals surface area contributed by atoms with Gasteiger partial charge in [-0.05, 0) is 64.6 Å². The average Bonchev–Trinajstić information content (AvgIpc) is 2.92. The quantitative estimate of drug-likeness (QED) is 0.694. The first-order valence-corrected chi connectivity index (χ1v) is 8.89. The maximum Gasteiger partial charge on any atom is 0.461 e. The van der Waals surface area contributed by atoms with Gasteiger partial charge in [-0.25, -0.2) is 0 Å². The molecule has 0 aromatic carbocycles. The summed E-state index contributed by atoms with van der Waals surface area (Å²) < 4.78 is 24.2. The van der Waals surface area contributed by atoms with Crippen LogP contribution in [0.1, 0.15) is 66.2 Å². The Hall–Kier alpha value is -0.0951. The van der Waals surface area contributed by atoms with Crippen molar-refractivity contribution in [2.24, 2.45) is 5.41 Å². The Bertz CT molecular complexity index is 422. The molecule has 0 atom stereocenters. The van der Waals surface area contributed by atoms with Gasteiger partial charge in [0, 0.05) is 12.8 Å². The van der Waals surface area contributed by atoms with E-state index in [2.05, 4.69) is 27.7 Å². The van der Waals surface area contributed by atoms with Gasteiger partial charge < -0.3 is 18.8 Å². The van der Waals surface area contributed by atoms with Crippen LogP contribution in [-0.4, -0.2) is 37.3 Å². The second-order valence-corrected chi connectivity index (χ2v) is 8.90. The van der Waals surface area contributed by atoms with E-state index in [0.717, 1.165) is 26.1 Å². The topological polar surface area (TPSA) is 36.9 Å². The van der Waals surface area contributed by atoms with Crippen molar-refractivity contribution in [2.75, 3.05) is 13.2 Å². The van der Waals surface area contributed by atoms with Crippen LogP contribution < -0.4 is 0 Å². The Morgan fingerprint density at radius 2 is 1.27 bits per heavy atom. The Morgan fingerprint density at radius 1 is 0.773 bits per heavy atom. The van der Waals surface area contributed by atoms with Crippen LogP contribution in [0.15, 0.2) is 0 Å². The predicted molar refractivity (Wildman–Crippen MR) is 84.6 cm³/mol. The summed E-state index contributed by atoms with van der Waals surface area (Å²) in [5.41, 5.74) is 0.0833. The molecule has 5 heteroatoms. The van der Waals surface area contributed by atoms with Crippen LogP contribution >= 0.6 is 0 Å². The lowest BCUT2D eigenvalue weighted by atomic mass is 9.45. The summed E-state index contributed by atoms with van der Waals surface area (Å²) in [5, 5.41) is 0. The normalized spacial score (nSPS) is 35.2. The van der Waals surface area contributed by atoms with E-state index in [1.54, 1.807) is 0 Å². The molecule has 4 fully saturated rings. The largest absolute Gasteiger partial charge is 0.461 e. The highest BCUT2D eigenvalue weighted by molar-refractivity contribution is 6.47. The summed E-state index contributed by atoms with van der Waals surface area (Å²) >= 11 is 0. The Labute approximate surface area is 134 Å². The molecule has 2 saturated heterocycles. The molecule has 0 unspecified atom stereocenters. The first kappa shape index (κ1) is 15.4. The molecular formula is C17H29BO4. The van der Waals surface area contributed by atoms with Gasteiger partial charge in [0.2, 0.25) is 0 Å². The number of ether oxygens (including phenoxy) is 2. The Balaban J connectivity index is 1.33. The molecular weight excluding hydrogens is 279 g/mol. The molecule has 0 aromatic rings. The average molecular weight is 308 g/mol. The summed E-state index contributed by atoms with van der Waals surface area (Å²) in [7, 11) is -0.0227. The molecule has 4 aliphatic rings. The molecule has 4 nitrogen and oxygen atoms in total. The van der Waals surface area contributed by atoms with E-state index in [1.165, 1.54) is 25.7 Å². The van der Waals surface area contributed by atoms with Crippen molar-refractivity contribution < 1.29 is 18.8 Å². The van der Waals surface area contributed by atoms with E-state index in [4.69, 9.17) is 18.8 Å². The van der Waals surface area contributed by atoms with Crippen molar-refractivity contribution in [3.8, 4) is 0 Å². The van der Waals surface area contributed by atoms with Gasteiger partial charge in [-0.15, -0.1) is 0 Å². The van der Waals surface area contributed by atoms with E-state index in [0.29, 0.717) is 11.2 Å². The van der Waals surface area contributed by atoms with Crippen molar-refractivity contribution in [1.29, 1.82) is 0 Å². The fourth-order valence-electron chi connectivity index (χ4n) is 4.68. The van der Waals surface area contributed by atoms with Gasteiger partial charge in [0.25, 0.3) is 0 Å². The second-order valence-electron chi connectivity index (χ2n) is 8.90. The lowest BCUT2D eigenvalue weighted by molar-refractivity contribution is -0.198. The predicted octanol–water partition coefficient (Wildman–Crippen LogP) is 3.55. The summed E-state index contributed by atoms with van der Waals surface area (Å²) in [5.74, 6) is 0.321. The van der Waals surface area contributed by atoms with E-state index in [-0.39, 0.29) is 24.1 Å². The van der Waals surface area contributed by atoms with E-state index < -0.39 is 0 Å². The Kier molecular flexibility index (Phi) is 3.31. The molecule has 22 heavy (non-hydrogen) atoms. The monoisotopic (exact) mass is 308 g/mol. The number of rotatable bonds is 1. The zero-order valence-corrected chi connectivity index (χ0v) is 14.4. The fourth-order valence-corrected chi connectivity index (χ4v) is 4.68. The lowest BCUT2D eigenvalue weighted by Gasteiger charge is -2.53. The molecule has 2 aliphatic carbocycles. The smallest absolute Gasteiger partial charge is 0.403 e. The molecule has 0 amide bonds. The molecule has 2 aliphatic heterocycles. The summed E-state index contributed by atoms with van der Waals surface area (Å²) in [6, 6.07) is 0. The highest BCUT2D eigenvalue weighted by Gasteiger charge is 2.60. The lowest BCUT2D eigenvalue weighted by Crippen LogP contribution is -2.48. The van der Waals surface area contributed by atoms with Crippen LogP contribution in [0.4, 0.5) is 0 Å². The van der Waals surface area contributed by atoms with E-state index in [9.17, 15) is 0 Å². The van der Waals surface area contributed by atoms with Crippen molar-refractivity contribution >= 4 is 7.12 Å². The Morgan fingerprint density at radius 3 is 1.77 bits per heavy atom. The number of hydrogen-bond donors (Lipinski definition) is 0. The standard InChI is InChI=1S/C17H29BO4/c1-14(2)15(3,4)22-18(21-14)13-11-16(12-13)5-7-17(8-6-16)19-9-10-20-17/h13H,5-12H2,1-4H3. The van der Waals surface area contributed by atoms with Crippen LogP contribution in [0, 0.1) is 5.41 Å². The molecule has 2 saturated carbocycles. The van der Waals surface area contributed by atoms with Gasteiger partial charge in [0.15, 0.2) is 5.79 Å². The van der Waals surface area contributed by atoms with E-state index in [1.807, 2.05) is 0 Å². The first-order chi connectivity index (χ1) is 10.3. The van der Waals surface area contributed by atoms with Crippen molar-refractivity contribution in [1.82, 2.24) is 0 Å². The summed E-state index contributed by atoms with van der Waals surface area (Å²) in [6.45, 7) is 10.1. The third-order valence-electron chi connectivity index (χ3n) is 6.93. The zero-order valence-electron chi connectivity index (χ0n) is 14.4. The SMILES string of the molecule is CC1(C)OB(C2CC3(CCC4(CC3)OCCO4)C2)OC1(C)C. The minimum atomic E-state index is -0.235. The zero-order chi connectivity index (χ0) is 15.6. The van der Waals surface area contributed by atoms with Crippen molar-refractivity contribution in [3.05, 3.63) is 0 Å². The van der Waals surface area contributed by atoms with Gasteiger partial charge in [-0.1, -0.05) is 0 Å². The second kappa shape index (κ2) is 4.72. The van der Waals surface area contributed by atoms with Gasteiger partial charge >= 0.3 is 7.12 Å². The molecule has 124 valence electrons. The maximum absolute atomic E-state index is 6.22. The fraction of sp³-hybridized carbons (Fsp3) is 1.00. The summed E-state index contributed by atoms with van der Waals surface area (Å²) in [6.07, 6.45) is 7.04. The molecule has 0 N–H and O–H groups in total. The van der Waals surface area contributed by atoms with Crippen molar-refractivity contribution in [3.63, 3.8) is 0 Å². The molecule has 2 spiro atoms. The van der Waals surface area contributed by atoms with Gasteiger partial charge in [0.05, 0.1) is 24.4 Å². The van der Waals surface area contributed by atoms with Gasteiger partial charge in [-0.3, -0.25) is 0 Å². The third kappa shape index (κ3) is 2.28. The third-order valence-corrected chi connectivity index (χ3v) is 6.93. The minimum Gasteiger partial charge on any atom is -0.403 e. The molecule has 0 bridgehead atoms. The van der Waals surface area contributed by atoms with Crippen LogP contribution in [0.3, 0.4) is 0 Å². The summed E-state index contributed by atoms with van der Waals surface area (Å²) in [4.78, 5) is 0. The van der Waals surface area contributed by atoms with Crippen LogP contribution in [0.25, 0.3) is 0 Å². The van der Waals surface area contributed by atoms with E-state index >= 15 is 0 Å². The minimum absolute atomic E-state index is 0.0227. The first-order valence-electron chi connectivity index (χ1n) is 8.89.